The molecule has 4 N–H and O–H groups in total. The monoisotopic (exact) mass is 469 g/mol. The number of nitrogens with two attached hydrogens (primary N) is 2. The lowest BCUT2D eigenvalue weighted by Crippen LogP contribution is -2.42. The van der Waals surface area contributed by atoms with E-state index in [2.05, 4.69) is 0 Å². The van der Waals surface area contributed by atoms with Gasteiger partial charge in [-0.05, 0) is 42.3 Å². The first-order valence-electron chi connectivity index (χ1n) is 9.77. The lowest BCUT2D eigenvalue weighted by Gasteiger charge is -2.27. The van der Waals surface area contributed by atoms with Gasteiger partial charge in [0.05, 0.1) is 0 Å². The molecule has 0 aliphatic carbocycles. The Morgan fingerprint density at radius 1 is 1.00 bits per heavy atom. The minimum atomic E-state index is -1.22. The van der Waals surface area contributed by atoms with Gasteiger partial charge >= 0.3 is 11.9 Å². The second-order valence-corrected chi connectivity index (χ2v) is 7.80. The molecule has 0 saturated carbocycles. The van der Waals surface area contributed by atoms with Crippen molar-refractivity contribution in [3.05, 3.63) is 65.5 Å². The van der Waals surface area contributed by atoms with Crippen LogP contribution in [-0.4, -0.2) is 48.9 Å². The maximum Gasteiger partial charge on any atom is 0.331 e. The maximum absolute atomic E-state index is 13.5. The number of carbonyl (C=O) groups excluding carboxylic acids is 2. The summed E-state index contributed by atoms with van der Waals surface area (Å²) in [6.07, 6.45) is 0. The van der Waals surface area contributed by atoms with Crippen molar-refractivity contribution in [1.82, 2.24) is 0 Å². The Morgan fingerprint density at radius 2 is 1.61 bits per heavy atom. The molecule has 6 nitrogen and oxygen atoms in total. The lowest BCUT2D eigenvalue weighted by atomic mass is 9.85. The Labute approximate surface area is 191 Å². The Morgan fingerprint density at radius 3 is 2.16 bits per heavy atom. The van der Waals surface area contributed by atoms with Crippen molar-refractivity contribution in [2.45, 2.75) is 24.9 Å². The minimum absolute atomic E-state index is 0.410. The first-order chi connectivity index (χ1) is 14.8. The van der Waals surface area contributed by atoms with Crippen LogP contribution in [0.25, 0.3) is 0 Å². The fourth-order valence-electron chi connectivity index (χ4n) is 3.16. The first-order valence-corrected chi connectivity index (χ1v) is 10.8. The van der Waals surface area contributed by atoms with E-state index in [-0.39, 0.29) is 0 Å². The number of halogens is 3. The third kappa shape index (κ3) is 6.90. The molecule has 31 heavy (non-hydrogen) atoms. The average Bonchev–Trinajstić information content (AvgIpc) is 2.75. The molecule has 0 heterocycles. The number of rotatable bonds is 10. The van der Waals surface area contributed by atoms with Crippen LogP contribution in [0.1, 0.15) is 24.0 Å². The zero-order valence-corrected chi connectivity index (χ0v) is 18.7. The summed E-state index contributed by atoms with van der Waals surface area (Å²) in [5, 5.41) is 0. The summed E-state index contributed by atoms with van der Waals surface area (Å²) in [6, 6.07) is 10.8. The van der Waals surface area contributed by atoms with Crippen molar-refractivity contribution in [2.75, 3.05) is 29.7 Å². The van der Waals surface area contributed by atoms with Gasteiger partial charge in [-0.15, -0.1) is 23.2 Å². The molecule has 9 heteroatoms. The highest BCUT2D eigenvalue weighted by molar-refractivity contribution is 6.18. The SMILES string of the molecule is C[C@H](N)C(=O)OC(=O)[C@@H](N)C(c1ccc(F)cc1)c1cccc(N(CCCl)CCCl)c1. The highest BCUT2D eigenvalue weighted by atomic mass is 35.5. The summed E-state index contributed by atoms with van der Waals surface area (Å²) in [6.45, 7) is 2.57. The fraction of sp³-hybridized carbons (Fsp3) is 0.364. The number of benzene rings is 2. The summed E-state index contributed by atoms with van der Waals surface area (Å²) in [4.78, 5) is 26.4. The van der Waals surface area contributed by atoms with Crippen LogP contribution >= 0.6 is 23.2 Å². The molecule has 0 bridgehead atoms. The molecule has 2 aromatic carbocycles. The minimum Gasteiger partial charge on any atom is -0.391 e. The second kappa shape index (κ2) is 12.0. The predicted molar refractivity (Wildman–Crippen MR) is 121 cm³/mol. The van der Waals surface area contributed by atoms with Crippen LogP contribution in [0.5, 0.6) is 0 Å². The number of hydrogen-bond donors (Lipinski definition) is 2. The van der Waals surface area contributed by atoms with E-state index in [0.717, 1.165) is 5.69 Å². The van der Waals surface area contributed by atoms with E-state index in [4.69, 9.17) is 39.4 Å². The normalized spacial score (nSPS) is 13.9. The molecule has 0 aromatic heterocycles. The van der Waals surface area contributed by atoms with Crippen molar-refractivity contribution < 1.29 is 18.7 Å². The highest BCUT2D eigenvalue weighted by Crippen LogP contribution is 2.31. The number of alkyl halides is 2. The van der Waals surface area contributed by atoms with Gasteiger partial charge < -0.3 is 21.1 Å². The molecule has 168 valence electrons. The number of esters is 2. The van der Waals surface area contributed by atoms with Gasteiger partial charge in [-0.25, -0.2) is 14.0 Å². The van der Waals surface area contributed by atoms with Crippen LogP contribution in [0.3, 0.4) is 0 Å². The molecule has 0 radical (unpaired) electrons. The molecule has 0 saturated heterocycles. The van der Waals surface area contributed by atoms with Crippen molar-refractivity contribution in [2.24, 2.45) is 11.5 Å². The summed E-state index contributed by atoms with van der Waals surface area (Å²) in [7, 11) is 0. The number of anilines is 1. The molecule has 2 rings (SSSR count). The van der Waals surface area contributed by atoms with Crippen LogP contribution in [0.4, 0.5) is 10.1 Å². The molecular formula is C22H26Cl2FN3O3. The van der Waals surface area contributed by atoms with Gasteiger partial charge in [0.15, 0.2) is 0 Å². The molecule has 1 unspecified atom stereocenters. The smallest absolute Gasteiger partial charge is 0.331 e. The molecule has 0 fully saturated rings. The van der Waals surface area contributed by atoms with Gasteiger partial charge in [-0.3, -0.25) is 0 Å². The third-order valence-corrected chi connectivity index (χ3v) is 5.07. The molecule has 0 aliphatic rings. The van der Waals surface area contributed by atoms with Crippen molar-refractivity contribution in [3.8, 4) is 0 Å². The predicted octanol–water partition coefficient (Wildman–Crippen LogP) is 2.99. The topological polar surface area (TPSA) is 98.7 Å². The van der Waals surface area contributed by atoms with E-state index in [9.17, 15) is 14.0 Å². The van der Waals surface area contributed by atoms with E-state index in [1.54, 1.807) is 18.2 Å². The maximum atomic E-state index is 13.5. The highest BCUT2D eigenvalue weighted by Gasteiger charge is 2.31. The van der Waals surface area contributed by atoms with E-state index < -0.39 is 35.8 Å². The van der Waals surface area contributed by atoms with Crippen LogP contribution in [0, 0.1) is 5.82 Å². The first kappa shape index (κ1) is 25.1. The molecular weight excluding hydrogens is 444 g/mol. The van der Waals surface area contributed by atoms with Crippen LogP contribution < -0.4 is 16.4 Å². The van der Waals surface area contributed by atoms with Gasteiger partial charge in [0.25, 0.3) is 0 Å². The van der Waals surface area contributed by atoms with Crippen molar-refractivity contribution in [3.63, 3.8) is 0 Å². The lowest BCUT2D eigenvalue weighted by molar-refractivity contribution is -0.161. The summed E-state index contributed by atoms with van der Waals surface area (Å²) in [5.74, 6) is -2.08. The zero-order chi connectivity index (χ0) is 23.0. The standard InChI is InChI=1S/C22H26Cl2FN3O3/c1-14(26)21(29)31-22(30)20(27)19(15-5-7-17(25)8-6-15)16-3-2-4-18(13-16)28(11-9-23)12-10-24/h2-8,13-14,19-20H,9-12,26-27H2,1H3/t14-,19?,20-/m0/s1. The largest absolute Gasteiger partial charge is 0.391 e. The third-order valence-electron chi connectivity index (χ3n) is 4.74. The summed E-state index contributed by atoms with van der Waals surface area (Å²) in [5.41, 5.74) is 13.8. The van der Waals surface area contributed by atoms with Gasteiger partial charge in [-0.2, -0.15) is 0 Å². The van der Waals surface area contributed by atoms with E-state index in [1.165, 1.54) is 19.1 Å². The van der Waals surface area contributed by atoms with Gasteiger partial charge in [0, 0.05) is 36.5 Å². The van der Waals surface area contributed by atoms with Gasteiger partial charge in [0.2, 0.25) is 0 Å². The average molecular weight is 470 g/mol. The van der Waals surface area contributed by atoms with Crippen LogP contribution in [-0.2, 0) is 14.3 Å². The van der Waals surface area contributed by atoms with Gasteiger partial charge in [-0.1, -0.05) is 24.3 Å². The number of ether oxygens (including phenoxy) is 1. The summed E-state index contributed by atoms with van der Waals surface area (Å²) >= 11 is 11.8. The quantitative estimate of drug-likeness (QED) is 0.315. The number of hydrogen-bond acceptors (Lipinski definition) is 6. The van der Waals surface area contributed by atoms with Crippen molar-refractivity contribution in [1.29, 1.82) is 0 Å². The molecule has 0 amide bonds. The van der Waals surface area contributed by atoms with Crippen LogP contribution in [0.15, 0.2) is 48.5 Å². The van der Waals surface area contributed by atoms with E-state index in [0.29, 0.717) is 36.0 Å². The van der Waals surface area contributed by atoms with Gasteiger partial charge in [0.1, 0.15) is 17.9 Å². The van der Waals surface area contributed by atoms with Crippen molar-refractivity contribution >= 4 is 40.8 Å². The van der Waals surface area contributed by atoms with E-state index >= 15 is 0 Å². The molecule has 3 atom stereocenters. The molecule has 2 aromatic rings. The van der Waals surface area contributed by atoms with Crippen LogP contribution in [0.2, 0.25) is 0 Å². The van der Waals surface area contributed by atoms with E-state index in [1.807, 2.05) is 23.1 Å². The molecule has 0 aliphatic heterocycles. The second-order valence-electron chi connectivity index (χ2n) is 7.04. The Kier molecular flexibility index (Phi) is 9.71. The zero-order valence-electron chi connectivity index (χ0n) is 17.1. The number of carbonyl (C=O) groups is 2. The Balaban J connectivity index is 2.46. The Bertz CT molecular complexity index is 875. The summed E-state index contributed by atoms with van der Waals surface area (Å²) < 4.78 is 18.3. The number of nitrogens with zero attached hydrogens (tertiary/aromatic N) is 1. The Hall–Kier alpha value is -2.19. The fourth-order valence-corrected chi connectivity index (χ4v) is 3.57. The molecule has 0 spiro atoms.